The molecule has 2 aromatic heterocycles. The van der Waals surface area contributed by atoms with Crippen molar-refractivity contribution in [3.05, 3.63) is 54.3 Å². The molecular formula is C19H19N3O4. The molecule has 0 radical (unpaired) electrons. The van der Waals surface area contributed by atoms with E-state index >= 15 is 0 Å². The van der Waals surface area contributed by atoms with Crippen molar-refractivity contribution in [2.75, 3.05) is 13.1 Å². The maximum atomic E-state index is 13.0. The number of aliphatic carboxylic acids is 1. The number of hydrogen-bond acceptors (Lipinski definition) is 4. The first-order chi connectivity index (χ1) is 12.5. The second-order valence-corrected chi connectivity index (χ2v) is 6.68. The molecule has 134 valence electrons. The number of imidazole rings is 1. The van der Waals surface area contributed by atoms with Gasteiger partial charge in [0.05, 0.1) is 11.9 Å². The number of fused-ring (bicyclic) bond motifs is 1. The molecule has 4 rings (SSSR count). The van der Waals surface area contributed by atoms with E-state index in [0.717, 1.165) is 11.1 Å². The first-order valence-electron chi connectivity index (χ1n) is 8.51. The summed E-state index contributed by atoms with van der Waals surface area (Å²) in [4.78, 5) is 30.6. The lowest BCUT2D eigenvalue weighted by Crippen LogP contribution is -2.52. The van der Waals surface area contributed by atoms with Crippen LogP contribution >= 0.6 is 0 Å². The summed E-state index contributed by atoms with van der Waals surface area (Å²) in [7, 11) is 0. The van der Waals surface area contributed by atoms with Gasteiger partial charge in [0.1, 0.15) is 16.9 Å². The Hall–Kier alpha value is -3.09. The van der Waals surface area contributed by atoms with Crippen LogP contribution < -0.4 is 0 Å². The number of carboxylic acid groups (broad SMARTS) is 1. The maximum absolute atomic E-state index is 13.0. The molecule has 0 aliphatic carbocycles. The molecule has 26 heavy (non-hydrogen) atoms. The van der Waals surface area contributed by atoms with Gasteiger partial charge in [0, 0.05) is 30.9 Å². The maximum Gasteiger partial charge on any atom is 0.330 e. The molecule has 0 unspecified atom stereocenters. The Kier molecular flexibility index (Phi) is 3.79. The summed E-state index contributed by atoms with van der Waals surface area (Å²) >= 11 is 0. The molecule has 7 heteroatoms. The number of para-hydroxylation sites is 1. The molecule has 3 aromatic rings. The predicted octanol–water partition coefficient (Wildman–Crippen LogP) is 2.65. The second-order valence-electron chi connectivity index (χ2n) is 6.68. The van der Waals surface area contributed by atoms with Crippen LogP contribution in [0.3, 0.4) is 0 Å². The molecule has 1 aromatic carbocycles. The highest BCUT2D eigenvalue weighted by Gasteiger charge is 2.44. The first kappa shape index (κ1) is 16.4. The van der Waals surface area contributed by atoms with Crippen molar-refractivity contribution >= 4 is 22.8 Å². The SMILES string of the molecule is Cc1cc2cccc(C(=O)N3CCC(C(=O)O)(n4ccnc4)CC3)c2o1. The van der Waals surface area contributed by atoms with Gasteiger partial charge in [0.25, 0.3) is 5.91 Å². The van der Waals surface area contributed by atoms with Crippen LogP contribution in [-0.4, -0.2) is 44.5 Å². The summed E-state index contributed by atoms with van der Waals surface area (Å²) in [5.41, 5.74) is 0.0429. The summed E-state index contributed by atoms with van der Waals surface area (Å²) < 4.78 is 7.33. The van der Waals surface area contributed by atoms with Crippen LogP contribution in [0, 0.1) is 6.92 Å². The van der Waals surface area contributed by atoms with Crippen molar-refractivity contribution in [2.45, 2.75) is 25.3 Å². The van der Waals surface area contributed by atoms with Crippen LogP contribution in [0.25, 0.3) is 11.0 Å². The molecule has 0 saturated carbocycles. The Bertz CT molecular complexity index is 966. The minimum absolute atomic E-state index is 0.130. The fourth-order valence-corrected chi connectivity index (χ4v) is 3.71. The van der Waals surface area contributed by atoms with Crippen molar-refractivity contribution in [2.24, 2.45) is 0 Å². The molecule has 0 spiro atoms. The zero-order valence-corrected chi connectivity index (χ0v) is 14.4. The lowest BCUT2D eigenvalue weighted by Gasteiger charge is -2.39. The molecule has 1 N–H and O–H groups in total. The van der Waals surface area contributed by atoms with Gasteiger partial charge >= 0.3 is 5.97 Å². The van der Waals surface area contributed by atoms with Crippen molar-refractivity contribution in [1.29, 1.82) is 0 Å². The average molecular weight is 353 g/mol. The van der Waals surface area contributed by atoms with Gasteiger partial charge in [-0.3, -0.25) is 4.79 Å². The van der Waals surface area contributed by atoms with Crippen molar-refractivity contribution in [3.63, 3.8) is 0 Å². The van der Waals surface area contributed by atoms with Crippen molar-refractivity contribution < 1.29 is 19.1 Å². The van der Waals surface area contributed by atoms with Crippen LogP contribution in [0.15, 0.2) is 47.4 Å². The number of likely N-dealkylation sites (tertiary alicyclic amines) is 1. The number of aryl methyl sites for hydroxylation is 1. The van der Waals surface area contributed by atoms with Gasteiger partial charge in [-0.2, -0.15) is 0 Å². The first-order valence-corrected chi connectivity index (χ1v) is 8.51. The van der Waals surface area contributed by atoms with Crippen molar-refractivity contribution in [3.8, 4) is 0 Å². The molecule has 3 heterocycles. The number of carbonyl (C=O) groups excluding carboxylic acids is 1. The van der Waals surface area contributed by atoms with Gasteiger partial charge in [0.2, 0.25) is 0 Å². The van der Waals surface area contributed by atoms with E-state index in [0.29, 0.717) is 37.1 Å². The number of rotatable bonds is 3. The van der Waals surface area contributed by atoms with Gasteiger partial charge in [-0.1, -0.05) is 12.1 Å². The quantitative estimate of drug-likeness (QED) is 0.782. The van der Waals surface area contributed by atoms with Crippen LogP contribution in [-0.2, 0) is 10.3 Å². The summed E-state index contributed by atoms with van der Waals surface area (Å²) in [6, 6.07) is 7.40. The lowest BCUT2D eigenvalue weighted by atomic mass is 9.87. The fraction of sp³-hybridized carbons (Fsp3) is 0.316. The van der Waals surface area contributed by atoms with E-state index < -0.39 is 11.5 Å². The topological polar surface area (TPSA) is 88.6 Å². The molecular weight excluding hydrogens is 334 g/mol. The molecule has 0 atom stereocenters. The summed E-state index contributed by atoms with van der Waals surface area (Å²) in [5, 5.41) is 10.7. The molecule has 1 fully saturated rings. The number of carboxylic acids is 1. The van der Waals surface area contributed by atoms with Gasteiger partial charge in [-0.25, -0.2) is 9.78 Å². The summed E-state index contributed by atoms with van der Waals surface area (Å²) in [6.45, 7) is 2.57. The second kappa shape index (κ2) is 6.01. The van der Waals surface area contributed by atoms with Crippen LogP contribution in [0.4, 0.5) is 0 Å². The lowest BCUT2D eigenvalue weighted by molar-refractivity contribution is -0.150. The van der Waals surface area contributed by atoms with Gasteiger partial charge in [-0.15, -0.1) is 0 Å². The van der Waals surface area contributed by atoms with Crippen molar-refractivity contribution in [1.82, 2.24) is 14.5 Å². The third-order valence-corrected chi connectivity index (χ3v) is 5.17. The Morgan fingerprint density at radius 2 is 2.04 bits per heavy atom. The summed E-state index contributed by atoms with van der Waals surface area (Å²) in [6.07, 6.45) is 5.42. The minimum Gasteiger partial charge on any atom is -0.479 e. The smallest absolute Gasteiger partial charge is 0.330 e. The van der Waals surface area contributed by atoms with Crippen LogP contribution in [0.2, 0.25) is 0 Å². The monoisotopic (exact) mass is 353 g/mol. The zero-order valence-electron chi connectivity index (χ0n) is 14.4. The zero-order chi connectivity index (χ0) is 18.3. The molecule has 1 saturated heterocycles. The number of nitrogens with zero attached hydrogens (tertiary/aromatic N) is 3. The van der Waals surface area contributed by atoms with E-state index in [9.17, 15) is 14.7 Å². The highest BCUT2D eigenvalue weighted by atomic mass is 16.4. The minimum atomic E-state index is -1.06. The molecule has 7 nitrogen and oxygen atoms in total. The standard InChI is InChI=1S/C19H19N3O4/c1-13-11-14-3-2-4-15(16(14)26-13)17(23)21-8-5-19(6-9-21,18(24)25)22-10-7-20-12-22/h2-4,7,10-12H,5-6,8-9H2,1H3,(H,24,25). The Labute approximate surface area is 149 Å². The number of furan rings is 1. The van der Waals surface area contributed by atoms with E-state index in [1.54, 1.807) is 27.9 Å². The Morgan fingerprint density at radius 3 is 2.69 bits per heavy atom. The molecule has 1 aliphatic heterocycles. The number of aromatic nitrogens is 2. The third-order valence-electron chi connectivity index (χ3n) is 5.17. The average Bonchev–Trinajstić information content (AvgIpc) is 3.29. The number of amides is 1. The number of piperidine rings is 1. The van der Waals surface area contributed by atoms with E-state index in [1.807, 2.05) is 25.1 Å². The van der Waals surface area contributed by atoms with Gasteiger partial charge < -0.3 is 19.0 Å². The molecule has 0 bridgehead atoms. The number of carbonyl (C=O) groups is 2. The highest BCUT2D eigenvalue weighted by molar-refractivity contribution is 6.05. The molecule has 1 aliphatic rings. The Morgan fingerprint density at radius 1 is 1.27 bits per heavy atom. The summed E-state index contributed by atoms with van der Waals surface area (Å²) in [5.74, 6) is -0.273. The van der Waals surface area contributed by atoms with E-state index in [1.165, 1.54) is 6.33 Å². The number of benzene rings is 1. The normalized spacial score (nSPS) is 16.7. The third kappa shape index (κ3) is 2.47. The van der Waals surface area contributed by atoms with Crippen LogP contribution in [0.5, 0.6) is 0 Å². The van der Waals surface area contributed by atoms with E-state index in [4.69, 9.17) is 4.42 Å². The Balaban J connectivity index is 1.59. The fourth-order valence-electron chi connectivity index (χ4n) is 3.71. The van der Waals surface area contributed by atoms with E-state index in [-0.39, 0.29) is 5.91 Å². The van der Waals surface area contributed by atoms with Gasteiger partial charge in [-0.05, 0) is 31.9 Å². The molecule has 1 amide bonds. The van der Waals surface area contributed by atoms with Gasteiger partial charge in [0.15, 0.2) is 0 Å². The highest BCUT2D eigenvalue weighted by Crippen LogP contribution is 2.32. The largest absolute Gasteiger partial charge is 0.479 e. The number of hydrogen-bond donors (Lipinski definition) is 1. The van der Waals surface area contributed by atoms with Crippen LogP contribution in [0.1, 0.15) is 29.0 Å². The van der Waals surface area contributed by atoms with E-state index in [2.05, 4.69) is 4.98 Å². The predicted molar refractivity (Wildman–Crippen MR) is 93.9 cm³/mol.